The van der Waals surface area contributed by atoms with Gasteiger partial charge in [0.15, 0.2) is 11.6 Å². The molecule has 0 aliphatic carbocycles. The molecule has 46 heavy (non-hydrogen) atoms. The summed E-state index contributed by atoms with van der Waals surface area (Å²) in [6.07, 6.45) is -10.4. The molecule has 0 spiro atoms. The quantitative estimate of drug-likeness (QED) is 0.0806. The maximum absolute atomic E-state index is 13.1. The number of hydrogen-bond acceptors (Lipinski definition) is 15. The van der Waals surface area contributed by atoms with Crippen molar-refractivity contribution in [2.75, 3.05) is 26.9 Å². The average molecular weight is 662 g/mol. The summed E-state index contributed by atoms with van der Waals surface area (Å²) in [5, 5.41) is 11.3. The van der Waals surface area contributed by atoms with Crippen LogP contribution in [0, 0.1) is 0 Å². The lowest BCUT2D eigenvalue weighted by molar-refractivity contribution is -0.185. The van der Waals surface area contributed by atoms with Crippen LogP contribution in [0.1, 0.15) is 79.1 Å². The van der Waals surface area contributed by atoms with Crippen molar-refractivity contribution in [2.45, 2.75) is 103 Å². The van der Waals surface area contributed by atoms with E-state index < -0.39 is 97.0 Å². The number of ketones is 2. The number of carbonyl (C=O) groups excluding carboxylic acids is 8. The van der Waals surface area contributed by atoms with Gasteiger partial charge in [-0.15, -0.1) is 0 Å². The van der Waals surface area contributed by atoms with E-state index in [0.29, 0.717) is 0 Å². The van der Waals surface area contributed by atoms with Gasteiger partial charge in [0.2, 0.25) is 24.4 Å². The molecular formula is C29H43NO16. The monoisotopic (exact) mass is 661 g/mol. The molecule has 0 aliphatic heterocycles. The summed E-state index contributed by atoms with van der Waals surface area (Å²) in [6.45, 7) is 5.13. The van der Waals surface area contributed by atoms with E-state index >= 15 is 0 Å². The summed E-state index contributed by atoms with van der Waals surface area (Å²) in [6, 6.07) is 0. The number of carbonyl (C=O) groups is 9. The summed E-state index contributed by atoms with van der Waals surface area (Å²) in [5.74, 6) is -9.02. The van der Waals surface area contributed by atoms with Gasteiger partial charge in [-0.1, -0.05) is 27.7 Å². The zero-order valence-electron chi connectivity index (χ0n) is 26.7. The normalized spacial score (nSPS) is 13.2. The number of amides is 1. The van der Waals surface area contributed by atoms with Crippen molar-refractivity contribution in [1.29, 1.82) is 0 Å². The zero-order chi connectivity index (χ0) is 35.2. The van der Waals surface area contributed by atoms with Gasteiger partial charge in [0.05, 0.1) is 13.0 Å². The van der Waals surface area contributed by atoms with Crippen molar-refractivity contribution in [1.82, 2.24) is 5.32 Å². The first-order chi connectivity index (χ1) is 21.7. The van der Waals surface area contributed by atoms with Crippen LogP contribution in [0.25, 0.3) is 0 Å². The highest BCUT2D eigenvalue weighted by atomic mass is 16.6. The molecule has 0 aromatic rings. The van der Waals surface area contributed by atoms with Crippen LogP contribution in [0.2, 0.25) is 0 Å². The summed E-state index contributed by atoms with van der Waals surface area (Å²) < 4.78 is 30.2. The molecule has 0 aromatic carbocycles. The molecule has 0 fully saturated rings. The Hall–Kier alpha value is -4.41. The third kappa shape index (κ3) is 16.1. The third-order valence-corrected chi connectivity index (χ3v) is 5.88. The average Bonchev–Trinajstić information content (AvgIpc) is 3.03. The van der Waals surface area contributed by atoms with Crippen molar-refractivity contribution in [3.63, 3.8) is 0 Å². The highest BCUT2D eigenvalue weighted by Gasteiger charge is 2.41. The molecule has 17 heteroatoms. The Bertz CT molecular complexity index is 1090. The van der Waals surface area contributed by atoms with Gasteiger partial charge in [0.25, 0.3) is 5.91 Å². The summed E-state index contributed by atoms with van der Waals surface area (Å²) >= 11 is 0. The number of Topliss-reactive ketones (excluding diaryl/α,β-unsaturated/α-hetero) is 2. The van der Waals surface area contributed by atoms with Crippen LogP contribution >= 0.6 is 0 Å². The minimum atomic E-state index is -1.97. The second kappa shape index (κ2) is 23.0. The number of hydrogen-bond donors (Lipinski definition) is 2. The topological polar surface area (TPSA) is 241 Å². The Morgan fingerprint density at radius 1 is 0.587 bits per heavy atom. The molecule has 0 aromatic heterocycles. The second-order valence-corrected chi connectivity index (χ2v) is 9.44. The highest BCUT2D eigenvalue weighted by molar-refractivity contribution is 5.96. The molecule has 0 saturated carbocycles. The lowest BCUT2D eigenvalue weighted by atomic mass is 10.0. The predicted octanol–water partition coefficient (Wildman–Crippen LogP) is 0.363. The largest absolute Gasteiger partial charge is 0.481 e. The van der Waals surface area contributed by atoms with Crippen LogP contribution in [0.15, 0.2) is 0 Å². The second-order valence-electron chi connectivity index (χ2n) is 9.44. The molecule has 0 radical (unpaired) electrons. The van der Waals surface area contributed by atoms with Gasteiger partial charge in [-0.2, -0.15) is 0 Å². The lowest BCUT2D eigenvalue weighted by Crippen LogP contribution is -2.50. The molecule has 0 unspecified atom stereocenters. The number of carboxylic acids is 1. The van der Waals surface area contributed by atoms with Crippen LogP contribution in [0.4, 0.5) is 0 Å². The fourth-order valence-corrected chi connectivity index (χ4v) is 3.38. The third-order valence-electron chi connectivity index (χ3n) is 5.88. The van der Waals surface area contributed by atoms with Gasteiger partial charge in [-0.05, 0) is 6.42 Å². The summed E-state index contributed by atoms with van der Waals surface area (Å²) in [7, 11) is 1.35. The fraction of sp³-hybridized carbons (Fsp3) is 0.690. The van der Waals surface area contributed by atoms with Gasteiger partial charge in [-0.3, -0.25) is 38.4 Å². The minimum Gasteiger partial charge on any atom is -0.481 e. The number of rotatable bonds is 24. The van der Waals surface area contributed by atoms with Crippen molar-refractivity contribution < 1.29 is 76.7 Å². The van der Waals surface area contributed by atoms with Gasteiger partial charge in [0, 0.05) is 52.2 Å². The van der Waals surface area contributed by atoms with Crippen molar-refractivity contribution >= 4 is 53.3 Å². The Morgan fingerprint density at radius 3 is 1.48 bits per heavy atom. The Kier molecular flexibility index (Phi) is 20.8. The maximum atomic E-state index is 13.1. The van der Waals surface area contributed by atoms with E-state index in [4.69, 9.17) is 33.5 Å². The Morgan fingerprint density at radius 2 is 1.02 bits per heavy atom. The zero-order valence-corrected chi connectivity index (χ0v) is 26.7. The van der Waals surface area contributed by atoms with E-state index in [1.165, 1.54) is 34.8 Å². The first kappa shape index (κ1) is 41.6. The molecule has 17 nitrogen and oxygen atoms in total. The molecule has 0 heterocycles. The molecule has 0 saturated heterocycles. The van der Waals surface area contributed by atoms with E-state index in [0.717, 1.165) is 0 Å². The molecule has 1 amide bonds. The fourth-order valence-electron chi connectivity index (χ4n) is 3.38. The molecule has 4 atom stereocenters. The maximum Gasteiger partial charge on any atom is 0.352 e. The highest BCUT2D eigenvalue weighted by Crippen LogP contribution is 2.16. The number of esters is 5. The van der Waals surface area contributed by atoms with E-state index in [-0.39, 0.29) is 51.9 Å². The number of carboxylic acid groups (broad SMARTS) is 1. The molecule has 260 valence electrons. The lowest BCUT2D eigenvalue weighted by Gasteiger charge is -2.25. The van der Waals surface area contributed by atoms with Gasteiger partial charge in [-0.25, -0.2) is 4.79 Å². The summed E-state index contributed by atoms with van der Waals surface area (Å²) in [4.78, 5) is 111. The standard InChI is InChI=1S/C29H43NO16/c1-6-20(35)43-24(18(32)12-13-19(33)34)26(45-22(37)8-3)28(39)30-14-10-11-17(31)25(44-21(36)7-2)27(46-23(38)9-4)29(40)42-16-15-41-5/h24-27H,6-16H2,1-5H3,(H,30,39)(H,33,34)/t24-,25-,26+,27+/m0/s1. The van der Waals surface area contributed by atoms with Crippen molar-refractivity contribution in [3.05, 3.63) is 0 Å². The van der Waals surface area contributed by atoms with E-state index in [1.807, 2.05) is 0 Å². The molecule has 0 aliphatic rings. The van der Waals surface area contributed by atoms with E-state index in [1.54, 1.807) is 0 Å². The van der Waals surface area contributed by atoms with E-state index in [2.05, 4.69) is 5.32 Å². The van der Waals surface area contributed by atoms with Gasteiger partial charge < -0.3 is 38.8 Å². The Balaban J connectivity index is 5.88. The van der Waals surface area contributed by atoms with Crippen LogP contribution in [-0.2, 0) is 71.6 Å². The van der Waals surface area contributed by atoms with Crippen LogP contribution < -0.4 is 5.32 Å². The minimum absolute atomic E-state index is 0.00847. The van der Waals surface area contributed by atoms with Crippen molar-refractivity contribution in [3.8, 4) is 0 Å². The van der Waals surface area contributed by atoms with E-state index in [9.17, 15) is 43.2 Å². The summed E-state index contributed by atoms with van der Waals surface area (Å²) in [5.41, 5.74) is 0. The molecule has 2 N–H and O–H groups in total. The number of nitrogens with one attached hydrogen (secondary N) is 1. The SMILES string of the molecule is CCC(=O)O[C@@H](C(=O)CCC(=O)O)[C@@H](OC(=O)CC)C(=O)NCCCC(=O)[C@H](OC(=O)CC)[C@@H](OC(=O)CC)C(=O)OCCOC. The van der Waals surface area contributed by atoms with Crippen LogP contribution in [-0.4, -0.2) is 110 Å². The number of ether oxygens (including phenoxy) is 6. The smallest absolute Gasteiger partial charge is 0.352 e. The number of aliphatic carboxylic acids is 1. The predicted molar refractivity (Wildman–Crippen MR) is 153 cm³/mol. The molecular weight excluding hydrogens is 618 g/mol. The van der Waals surface area contributed by atoms with Crippen molar-refractivity contribution in [2.24, 2.45) is 0 Å². The van der Waals surface area contributed by atoms with Crippen LogP contribution in [0.3, 0.4) is 0 Å². The van der Waals surface area contributed by atoms with Crippen LogP contribution in [0.5, 0.6) is 0 Å². The first-order valence-electron chi connectivity index (χ1n) is 14.7. The number of methoxy groups -OCH3 is 1. The van der Waals surface area contributed by atoms with Gasteiger partial charge >= 0.3 is 35.8 Å². The van der Waals surface area contributed by atoms with Gasteiger partial charge in [0.1, 0.15) is 6.61 Å². The molecule has 0 rings (SSSR count). The Labute approximate surface area is 265 Å². The molecule has 0 bridgehead atoms. The first-order valence-corrected chi connectivity index (χ1v) is 14.7.